The first-order valence-electron chi connectivity index (χ1n) is 5.13. The lowest BCUT2D eigenvalue weighted by Gasteiger charge is -2.24. The van der Waals surface area contributed by atoms with Gasteiger partial charge in [0, 0.05) is 12.5 Å². The zero-order chi connectivity index (χ0) is 9.97. The van der Waals surface area contributed by atoms with Gasteiger partial charge in [-0.15, -0.1) is 0 Å². The van der Waals surface area contributed by atoms with E-state index >= 15 is 0 Å². The van der Waals surface area contributed by atoms with Gasteiger partial charge in [0.25, 0.3) is 0 Å². The quantitative estimate of drug-likeness (QED) is 0.777. The third kappa shape index (κ3) is 1.62. The molecule has 1 aliphatic carbocycles. The van der Waals surface area contributed by atoms with Gasteiger partial charge in [0.2, 0.25) is 0 Å². The standard InChI is InChI=1S/C12H16O2/c1-14-11-6-5-9-3-2-4-10(8-13)12(9)7-11/h5-7,10,13H,2-4,8H2,1H3. The van der Waals surface area contributed by atoms with Gasteiger partial charge in [-0.3, -0.25) is 0 Å². The number of fused-ring (bicyclic) bond motifs is 1. The maximum Gasteiger partial charge on any atom is 0.119 e. The number of ether oxygens (including phenoxy) is 1. The van der Waals surface area contributed by atoms with Crippen LogP contribution in [0.1, 0.15) is 29.9 Å². The van der Waals surface area contributed by atoms with Gasteiger partial charge in [-0.25, -0.2) is 0 Å². The molecular weight excluding hydrogens is 176 g/mol. The summed E-state index contributed by atoms with van der Waals surface area (Å²) >= 11 is 0. The van der Waals surface area contributed by atoms with Crippen LogP contribution in [0.5, 0.6) is 5.75 Å². The van der Waals surface area contributed by atoms with Gasteiger partial charge in [0.1, 0.15) is 5.75 Å². The molecule has 1 N–H and O–H groups in total. The Morgan fingerprint density at radius 3 is 3.07 bits per heavy atom. The van der Waals surface area contributed by atoms with Crippen LogP contribution < -0.4 is 4.74 Å². The summed E-state index contributed by atoms with van der Waals surface area (Å²) in [6.07, 6.45) is 3.41. The fourth-order valence-electron chi connectivity index (χ4n) is 2.19. The summed E-state index contributed by atoms with van der Waals surface area (Å²) in [5.41, 5.74) is 2.65. The molecule has 0 radical (unpaired) electrons. The van der Waals surface area contributed by atoms with Crippen molar-refractivity contribution in [3.63, 3.8) is 0 Å². The monoisotopic (exact) mass is 192 g/mol. The van der Waals surface area contributed by atoms with Gasteiger partial charge in [-0.05, 0) is 42.5 Å². The van der Waals surface area contributed by atoms with Crippen LogP contribution in [-0.4, -0.2) is 18.8 Å². The molecule has 2 nitrogen and oxygen atoms in total. The number of benzene rings is 1. The first-order chi connectivity index (χ1) is 6.85. The molecule has 0 fully saturated rings. The summed E-state index contributed by atoms with van der Waals surface area (Å²) in [7, 11) is 1.68. The summed E-state index contributed by atoms with van der Waals surface area (Å²) in [6, 6.07) is 6.18. The lowest BCUT2D eigenvalue weighted by molar-refractivity contribution is 0.252. The van der Waals surface area contributed by atoms with Crippen LogP contribution in [0.15, 0.2) is 18.2 Å². The fraction of sp³-hybridized carbons (Fsp3) is 0.500. The number of aliphatic hydroxyl groups is 1. The van der Waals surface area contributed by atoms with E-state index in [4.69, 9.17) is 4.74 Å². The van der Waals surface area contributed by atoms with Gasteiger partial charge < -0.3 is 9.84 Å². The molecule has 14 heavy (non-hydrogen) atoms. The number of aliphatic hydroxyl groups excluding tert-OH is 1. The van der Waals surface area contributed by atoms with Crippen molar-refractivity contribution in [2.45, 2.75) is 25.2 Å². The maximum absolute atomic E-state index is 9.26. The fourth-order valence-corrected chi connectivity index (χ4v) is 2.19. The van der Waals surface area contributed by atoms with E-state index in [0.29, 0.717) is 5.92 Å². The van der Waals surface area contributed by atoms with E-state index in [-0.39, 0.29) is 6.61 Å². The molecule has 2 rings (SSSR count). The predicted molar refractivity (Wildman–Crippen MR) is 55.8 cm³/mol. The summed E-state index contributed by atoms with van der Waals surface area (Å²) in [6.45, 7) is 0.250. The van der Waals surface area contributed by atoms with Crippen LogP contribution in [0.4, 0.5) is 0 Å². The third-order valence-corrected chi connectivity index (χ3v) is 3.01. The molecule has 0 bridgehead atoms. The minimum absolute atomic E-state index is 0.250. The van der Waals surface area contributed by atoms with Crippen molar-refractivity contribution >= 4 is 0 Å². The van der Waals surface area contributed by atoms with Crippen molar-refractivity contribution in [1.29, 1.82) is 0 Å². The lowest BCUT2D eigenvalue weighted by atomic mass is 9.83. The maximum atomic E-state index is 9.26. The molecular formula is C12H16O2. The molecule has 1 unspecified atom stereocenters. The Kier molecular flexibility index (Phi) is 2.73. The molecule has 0 amide bonds. The number of aryl methyl sites for hydroxylation is 1. The van der Waals surface area contributed by atoms with E-state index in [1.807, 2.05) is 6.07 Å². The van der Waals surface area contributed by atoms with Crippen LogP contribution >= 0.6 is 0 Å². The third-order valence-electron chi connectivity index (χ3n) is 3.01. The lowest BCUT2D eigenvalue weighted by Crippen LogP contribution is -2.13. The molecule has 0 aromatic heterocycles. The van der Waals surface area contributed by atoms with E-state index < -0.39 is 0 Å². The van der Waals surface area contributed by atoms with Crippen LogP contribution in [0.3, 0.4) is 0 Å². The second-order valence-electron chi connectivity index (χ2n) is 3.84. The Balaban J connectivity index is 2.38. The largest absolute Gasteiger partial charge is 0.497 e. The van der Waals surface area contributed by atoms with Crippen LogP contribution in [0.25, 0.3) is 0 Å². The zero-order valence-corrected chi connectivity index (χ0v) is 8.49. The van der Waals surface area contributed by atoms with Crippen LogP contribution in [0, 0.1) is 0 Å². The number of methoxy groups -OCH3 is 1. The summed E-state index contributed by atoms with van der Waals surface area (Å²) in [5, 5.41) is 9.26. The number of hydrogen-bond donors (Lipinski definition) is 1. The van der Waals surface area contributed by atoms with Gasteiger partial charge in [-0.2, -0.15) is 0 Å². The Morgan fingerprint density at radius 2 is 2.36 bits per heavy atom. The highest BCUT2D eigenvalue weighted by Gasteiger charge is 2.19. The zero-order valence-electron chi connectivity index (χ0n) is 8.49. The normalized spacial score (nSPS) is 20.3. The topological polar surface area (TPSA) is 29.5 Å². The smallest absolute Gasteiger partial charge is 0.119 e. The van der Waals surface area contributed by atoms with E-state index in [1.165, 1.54) is 17.5 Å². The van der Waals surface area contributed by atoms with Gasteiger partial charge in [0.05, 0.1) is 7.11 Å². The van der Waals surface area contributed by atoms with Crippen molar-refractivity contribution in [3.05, 3.63) is 29.3 Å². The minimum Gasteiger partial charge on any atom is -0.497 e. The molecule has 0 saturated carbocycles. The van der Waals surface area contributed by atoms with Crippen molar-refractivity contribution < 1.29 is 9.84 Å². The SMILES string of the molecule is COc1ccc2c(c1)C(CO)CCC2. The number of rotatable bonds is 2. The molecule has 1 atom stereocenters. The molecule has 0 aliphatic heterocycles. The van der Waals surface area contributed by atoms with Crippen LogP contribution in [0.2, 0.25) is 0 Å². The molecule has 0 heterocycles. The second-order valence-corrected chi connectivity index (χ2v) is 3.84. The van der Waals surface area contributed by atoms with E-state index in [0.717, 1.165) is 18.6 Å². The molecule has 0 saturated heterocycles. The highest BCUT2D eigenvalue weighted by molar-refractivity contribution is 5.39. The average Bonchev–Trinajstić information content (AvgIpc) is 2.27. The second kappa shape index (κ2) is 4.01. The first kappa shape index (κ1) is 9.53. The molecule has 1 aromatic carbocycles. The van der Waals surface area contributed by atoms with E-state index in [2.05, 4.69) is 12.1 Å². The Labute approximate surface area is 84.5 Å². The Hall–Kier alpha value is -1.02. The Morgan fingerprint density at radius 1 is 1.50 bits per heavy atom. The number of hydrogen-bond acceptors (Lipinski definition) is 2. The average molecular weight is 192 g/mol. The van der Waals surface area contributed by atoms with Crippen molar-refractivity contribution in [3.8, 4) is 5.75 Å². The molecule has 1 aromatic rings. The van der Waals surface area contributed by atoms with E-state index in [1.54, 1.807) is 7.11 Å². The van der Waals surface area contributed by atoms with Crippen molar-refractivity contribution in [1.82, 2.24) is 0 Å². The van der Waals surface area contributed by atoms with Gasteiger partial charge in [-0.1, -0.05) is 6.07 Å². The Bertz CT molecular complexity index is 320. The molecule has 0 spiro atoms. The highest BCUT2D eigenvalue weighted by Crippen LogP contribution is 2.33. The van der Waals surface area contributed by atoms with Gasteiger partial charge >= 0.3 is 0 Å². The highest BCUT2D eigenvalue weighted by atomic mass is 16.5. The van der Waals surface area contributed by atoms with Crippen molar-refractivity contribution in [2.75, 3.05) is 13.7 Å². The summed E-state index contributed by atoms with van der Waals surface area (Å²) in [4.78, 5) is 0. The molecule has 1 aliphatic rings. The van der Waals surface area contributed by atoms with Gasteiger partial charge in [0.15, 0.2) is 0 Å². The summed E-state index contributed by atoms with van der Waals surface area (Å²) < 4.78 is 5.19. The van der Waals surface area contributed by atoms with E-state index in [9.17, 15) is 5.11 Å². The van der Waals surface area contributed by atoms with Crippen LogP contribution in [-0.2, 0) is 6.42 Å². The molecule has 2 heteroatoms. The first-order valence-corrected chi connectivity index (χ1v) is 5.13. The predicted octanol–water partition coefficient (Wildman–Crippen LogP) is 2.11. The molecule has 76 valence electrons. The van der Waals surface area contributed by atoms with Crippen molar-refractivity contribution in [2.24, 2.45) is 0 Å². The minimum atomic E-state index is 0.250. The summed E-state index contributed by atoms with van der Waals surface area (Å²) in [5.74, 6) is 1.21.